The van der Waals surface area contributed by atoms with Gasteiger partial charge in [0.25, 0.3) is 5.91 Å². The molecule has 1 aliphatic rings. The first kappa shape index (κ1) is 16.3. The molecule has 0 unspecified atom stereocenters. The monoisotopic (exact) mass is 348 g/mol. The third kappa shape index (κ3) is 3.06. The molecular formula is C16H16N2O5S. The van der Waals surface area contributed by atoms with E-state index in [0.717, 1.165) is 5.56 Å². The summed E-state index contributed by atoms with van der Waals surface area (Å²) in [5, 5.41) is 5.09. The fourth-order valence-corrected chi connectivity index (χ4v) is 3.05. The van der Waals surface area contributed by atoms with Crippen LogP contribution in [0, 0.1) is 0 Å². The van der Waals surface area contributed by atoms with Crippen molar-refractivity contribution in [2.75, 3.05) is 18.6 Å². The SMILES string of the molecule is COc1cccc2c1OCC(=O)N(c1ccc(S(N)(=O)=O)cc1)C2. The average Bonchev–Trinajstić information content (AvgIpc) is 2.73. The summed E-state index contributed by atoms with van der Waals surface area (Å²) >= 11 is 0. The van der Waals surface area contributed by atoms with E-state index in [1.165, 1.54) is 24.1 Å². The van der Waals surface area contributed by atoms with Crippen LogP contribution in [0.1, 0.15) is 5.56 Å². The maximum absolute atomic E-state index is 12.4. The number of para-hydroxylation sites is 1. The second-order valence-electron chi connectivity index (χ2n) is 5.26. The normalized spacial score (nSPS) is 14.6. The molecular weight excluding hydrogens is 332 g/mol. The van der Waals surface area contributed by atoms with Gasteiger partial charge in [-0.3, -0.25) is 4.79 Å². The molecule has 0 aromatic heterocycles. The summed E-state index contributed by atoms with van der Waals surface area (Å²) in [7, 11) is -2.24. The summed E-state index contributed by atoms with van der Waals surface area (Å²) in [6.07, 6.45) is 0. The van der Waals surface area contributed by atoms with Gasteiger partial charge in [0.15, 0.2) is 18.1 Å². The first-order valence-corrected chi connectivity index (χ1v) is 8.66. The van der Waals surface area contributed by atoms with E-state index >= 15 is 0 Å². The number of benzene rings is 2. The molecule has 2 N–H and O–H groups in total. The van der Waals surface area contributed by atoms with Gasteiger partial charge in [0.05, 0.1) is 18.6 Å². The number of fused-ring (bicyclic) bond motifs is 1. The van der Waals surface area contributed by atoms with Crippen molar-refractivity contribution in [2.24, 2.45) is 5.14 Å². The Bertz CT molecular complexity index is 878. The molecule has 0 spiro atoms. The molecule has 0 saturated heterocycles. The smallest absolute Gasteiger partial charge is 0.265 e. The first-order valence-electron chi connectivity index (χ1n) is 7.12. The number of nitrogens with zero attached hydrogens (tertiary/aromatic N) is 1. The van der Waals surface area contributed by atoms with Crippen LogP contribution < -0.4 is 19.5 Å². The second kappa shape index (κ2) is 6.14. The Morgan fingerprint density at radius 2 is 1.88 bits per heavy atom. The lowest BCUT2D eigenvalue weighted by atomic mass is 10.1. The molecule has 126 valence electrons. The van der Waals surface area contributed by atoms with Crippen LogP contribution in [0.3, 0.4) is 0 Å². The average molecular weight is 348 g/mol. The Kier molecular flexibility index (Phi) is 4.16. The zero-order valence-electron chi connectivity index (χ0n) is 12.9. The number of ether oxygens (including phenoxy) is 2. The summed E-state index contributed by atoms with van der Waals surface area (Å²) in [6.45, 7) is 0.157. The fourth-order valence-electron chi connectivity index (χ4n) is 2.53. The van der Waals surface area contributed by atoms with Gasteiger partial charge in [0.2, 0.25) is 10.0 Å². The number of anilines is 1. The highest BCUT2D eigenvalue weighted by atomic mass is 32.2. The van der Waals surface area contributed by atoms with Gasteiger partial charge < -0.3 is 14.4 Å². The van der Waals surface area contributed by atoms with E-state index in [9.17, 15) is 13.2 Å². The van der Waals surface area contributed by atoms with Crippen LogP contribution in [0.25, 0.3) is 0 Å². The van der Waals surface area contributed by atoms with Gasteiger partial charge in [0, 0.05) is 11.3 Å². The largest absolute Gasteiger partial charge is 0.493 e. The summed E-state index contributed by atoms with van der Waals surface area (Å²) in [5.41, 5.74) is 1.36. The maximum Gasteiger partial charge on any atom is 0.265 e. The Morgan fingerprint density at radius 1 is 1.17 bits per heavy atom. The van der Waals surface area contributed by atoms with Gasteiger partial charge in [-0.1, -0.05) is 12.1 Å². The lowest BCUT2D eigenvalue weighted by molar-refractivity contribution is -0.120. The van der Waals surface area contributed by atoms with Crippen LogP contribution in [0.5, 0.6) is 11.5 Å². The van der Waals surface area contributed by atoms with E-state index in [1.54, 1.807) is 18.2 Å². The highest BCUT2D eigenvalue weighted by molar-refractivity contribution is 7.89. The van der Waals surface area contributed by atoms with Crippen molar-refractivity contribution in [1.82, 2.24) is 0 Å². The van der Waals surface area contributed by atoms with Gasteiger partial charge in [-0.15, -0.1) is 0 Å². The number of carbonyl (C=O) groups is 1. The number of sulfonamides is 1. The van der Waals surface area contributed by atoms with Gasteiger partial charge in [-0.05, 0) is 30.3 Å². The Hall–Kier alpha value is -2.58. The molecule has 1 heterocycles. The van der Waals surface area contributed by atoms with E-state index in [2.05, 4.69) is 0 Å². The van der Waals surface area contributed by atoms with Crippen LogP contribution in [0.2, 0.25) is 0 Å². The molecule has 3 rings (SSSR count). The lowest BCUT2D eigenvalue weighted by Gasteiger charge is -2.20. The Morgan fingerprint density at radius 3 is 2.50 bits per heavy atom. The van der Waals surface area contributed by atoms with Crippen molar-refractivity contribution in [2.45, 2.75) is 11.4 Å². The zero-order valence-corrected chi connectivity index (χ0v) is 13.7. The molecule has 0 atom stereocenters. The summed E-state index contributed by atoms with van der Waals surface area (Å²) in [6, 6.07) is 11.3. The van der Waals surface area contributed by atoms with Gasteiger partial charge >= 0.3 is 0 Å². The van der Waals surface area contributed by atoms with E-state index in [4.69, 9.17) is 14.6 Å². The number of methoxy groups -OCH3 is 1. The molecule has 2 aromatic rings. The van der Waals surface area contributed by atoms with E-state index in [1.807, 2.05) is 12.1 Å². The maximum atomic E-state index is 12.4. The third-order valence-electron chi connectivity index (χ3n) is 3.73. The molecule has 2 aromatic carbocycles. The number of amides is 1. The van der Waals surface area contributed by atoms with Crippen molar-refractivity contribution in [3.05, 3.63) is 48.0 Å². The van der Waals surface area contributed by atoms with Crippen molar-refractivity contribution in [3.63, 3.8) is 0 Å². The number of carbonyl (C=O) groups excluding carboxylic acids is 1. The van der Waals surface area contributed by atoms with Crippen LogP contribution in [0.4, 0.5) is 5.69 Å². The molecule has 0 aliphatic carbocycles. The third-order valence-corrected chi connectivity index (χ3v) is 4.66. The molecule has 7 nitrogen and oxygen atoms in total. The molecule has 0 fully saturated rings. The quantitative estimate of drug-likeness (QED) is 0.900. The molecule has 24 heavy (non-hydrogen) atoms. The minimum absolute atomic E-state index is 0.00756. The topological polar surface area (TPSA) is 98.9 Å². The van der Waals surface area contributed by atoms with Crippen LogP contribution in [0.15, 0.2) is 47.4 Å². The first-order chi connectivity index (χ1) is 11.4. The number of hydrogen-bond acceptors (Lipinski definition) is 5. The van der Waals surface area contributed by atoms with Crippen molar-refractivity contribution >= 4 is 21.6 Å². The summed E-state index contributed by atoms with van der Waals surface area (Å²) in [4.78, 5) is 13.9. The van der Waals surface area contributed by atoms with Gasteiger partial charge in [0.1, 0.15) is 0 Å². The number of primary sulfonamides is 1. The molecule has 1 amide bonds. The summed E-state index contributed by atoms with van der Waals surface area (Å²) < 4.78 is 33.5. The Labute approximate surface area is 139 Å². The minimum Gasteiger partial charge on any atom is -0.493 e. The highest BCUT2D eigenvalue weighted by Gasteiger charge is 2.25. The summed E-state index contributed by atoms with van der Waals surface area (Å²) in [5.74, 6) is 0.861. The van der Waals surface area contributed by atoms with Crippen molar-refractivity contribution in [3.8, 4) is 11.5 Å². The lowest BCUT2D eigenvalue weighted by Crippen LogP contribution is -2.32. The highest BCUT2D eigenvalue weighted by Crippen LogP contribution is 2.34. The van der Waals surface area contributed by atoms with Gasteiger partial charge in [-0.2, -0.15) is 0 Å². The number of hydrogen-bond donors (Lipinski definition) is 1. The minimum atomic E-state index is -3.77. The zero-order chi connectivity index (χ0) is 17.3. The number of rotatable bonds is 3. The fraction of sp³-hybridized carbons (Fsp3) is 0.188. The molecule has 0 saturated carbocycles. The molecule has 8 heteroatoms. The van der Waals surface area contributed by atoms with E-state index in [0.29, 0.717) is 23.7 Å². The predicted molar refractivity (Wildman–Crippen MR) is 87.5 cm³/mol. The van der Waals surface area contributed by atoms with Crippen LogP contribution in [-0.4, -0.2) is 28.0 Å². The van der Waals surface area contributed by atoms with Crippen LogP contribution in [-0.2, 0) is 21.4 Å². The van der Waals surface area contributed by atoms with E-state index < -0.39 is 10.0 Å². The standard InChI is InChI=1S/C16H16N2O5S/c1-22-14-4-2-3-11-9-18(15(19)10-23-16(11)14)12-5-7-13(8-6-12)24(17,20)21/h2-8H,9-10H2,1H3,(H2,17,20,21). The van der Waals surface area contributed by atoms with E-state index in [-0.39, 0.29) is 17.4 Å². The number of nitrogens with two attached hydrogens (primary N) is 1. The predicted octanol–water partition coefficient (Wildman–Crippen LogP) is 1.27. The Balaban J connectivity index is 1.97. The van der Waals surface area contributed by atoms with Crippen molar-refractivity contribution < 1.29 is 22.7 Å². The molecule has 0 bridgehead atoms. The second-order valence-corrected chi connectivity index (χ2v) is 6.82. The molecule has 0 radical (unpaired) electrons. The molecule has 1 aliphatic heterocycles. The van der Waals surface area contributed by atoms with Crippen molar-refractivity contribution in [1.29, 1.82) is 0 Å². The van der Waals surface area contributed by atoms with Gasteiger partial charge in [-0.25, -0.2) is 13.6 Å². The van der Waals surface area contributed by atoms with Crippen LogP contribution >= 0.6 is 0 Å².